The summed E-state index contributed by atoms with van der Waals surface area (Å²) in [6.07, 6.45) is 0. The number of halogens is 2. The van der Waals surface area contributed by atoms with Crippen LogP contribution in [0.5, 0.6) is 0 Å². The van der Waals surface area contributed by atoms with E-state index in [0.717, 1.165) is 6.07 Å². The zero-order valence-corrected chi connectivity index (χ0v) is 25.7. The second kappa shape index (κ2) is 10.0. The molecular formula is C30H38B2F2O7. The smallest absolute Gasteiger partial charge is 0.456 e. The van der Waals surface area contributed by atoms with Crippen molar-refractivity contribution in [2.45, 2.75) is 104 Å². The maximum absolute atomic E-state index is 15.2. The standard InChI is InChI=1S/C30H38B2F2O7/c1-26(2,3)37-25(36)18-12-17(13-19(14-18)31-38-27(4,5)28(6,7)39-31)24(35)20-15-21(23(34)16-22(20)33)32-40-29(8,9)30(10,11)41-32/h12-16H,1-11H3. The van der Waals surface area contributed by atoms with Crippen LogP contribution in [-0.2, 0) is 23.4 Å². The molecule has 220 valence electrons. The molecule has 0 amide bonds. The van der Waals surface area contributed by atoms with Crippen molar-refractivity contribution in [3.8, 4) is 0 Å². The fraction of sp³-hybridized carbons (Fsp3) is 0.533. The highest BCUT2D eigenvalue weighted by Crippen LogP contribution is 2.38. The number of carbonyl (C=O) groups is 2. The highest BCUT2D eigenvalue weighted by atomic mass is 19.1. The lowest BCUT2D eigenvalue weighted by atomic mass is 9.75. The molecule has 0 bridgehead atoms. The van der Waals surface area contributed by atoms with Gasteiger partial charge >= 0.3 is 20.2 Å². The Morgan fingerprint density at radius 2 is 1.15 bits per heavy atom. The summed E-state index contributed by atoms with van der Waals surface area (Å²) in [4.78, 5) is 26.9. The van der Waals surface area contributed by atoms with Gasteiger partial charge in [0.15, 0.2) is 5.78 Å². The van der Waals surface area contributed by atoms with E-state index in [9.17, 15) is 14.0 Å². The van der Waals surface area contributed by atoms with Gasteiger partial charge in [-0.25, -0.2) is 13.6 Å². The molecule has 2 aliphatic rings. The van der Waals surface area contributed by atoms with Crippen LogP contribution in [0.15, 0.2) is 30.3 Å². The van der Waals surface area contributed by atoms with E-state index in [1.807, 2.05) is 27.7 Å². The summed E-state index contributed by atoms with van der Waals surface area (Å²) in [5.74, 6) is -3.42. The Bertz CT molecular complexity index is 1360. The first kappa shape index (κ1) is 31.3. The van der Waals surface area contributed by atoms with Crippen molar-refractivity contribution in [1.29, 1.82) is 0 Å². The minimum Gasteiger partial charge on any atom is -0.456 e. The lowest BCUT2D eigenvalue weighted by Crippen LogP contribution is -2.41. The molecule has 2 aromatic rings. The SMILES string of the molecule is CC(C)(C)OC(=O)c1cc(B2OC(C)(C)C(C)(C)O2)cc(C(=O)c2cc(B3OC(C)(C)C(C)(C)O3)c(F)cc2F)c1. The maximum atomic E-state index is 15.2. The Kier molecular flexibility index (Phi) is 7.65. The second-order valence-electron chi connectivity index (χ2n) is 13.7. The first-order valence-corrected chi connectivity index (χ1v) is 13.7. The molecular weight excluding hydrogens is 532 g/mol. The Labute approximate surface area is 241 Å². The van der Waals surface area contributed by atoms with Gasteiger partial charge in [-0.05, 0) is 99.8 Å². The normalized spacial score (nSPS) is 20.8. The highest BCUT2D eigenvalue weighted by molar-refractivity contribution is 6.63. The predicted octanol–water partition coefficient (Wildman–Crippen LogP) is 4.75. The van der Waals surface area contributed by atoms with Crippen LogP contribution in [0.25, 0.3) is 0 Å². The minimum absolute atomic E-state index is 0.0246. The molecule has 0 radical (unpaired) electrons. The first-order valence-electron chi connectivity index (χ1n) is 13.7. The largest absolute Gasteiger partial charge is 0.497 e. The van der Waals surface area contributed by atoms with Gasteiger partial charge in [-0.1, -0.05) is 6.07 Å². The van der Waals surface area contributed by atoms with E-state index in [2.05, 4.69) is 0 Å². The van der Waals surface area contributed by atoms with Crippen LogP contribution in [0.3, 0.4) is 0 Å². The number of hydrogen-bond donors (Lipinski definition) is 0. The Balaban J connectivity index is 1.79. The van der Waals surface area contributed by atoms with Crippen molar-refractivity contribution in [2.75, 3.05) is 0 Å². The number of benzene rings is 2. The van der Waals surface area contributed by atoms with E-state index >= 15 is 4.39 Å². The highest BCUT2D eigenvalue weighted by Gasteiger charge is 2.53. The Morgan fingerprint density at radius 1 is 0.683 bits per heavy atom. The summed E-state index contributed by atoms with van der Waals surface area (Å²) in [6, 6.07) is 6.08. The van der Waals surface area contributed by atoms with E-state index in [4.69, 9.17) is 23.4 Å². The number of ether oxygens (including phenoxy) is 1. The third-order valence-electron chi connectivity index (χ3n) is 8.22. The monoisotopic (exact) mass is 570 g/mol. The van der Waals surface area contributed by atoms with Gasteiger partial charge in [0, 0.05) is 17.1 Å². The quantitative estimate of drug-likeness (QED) is 0.292. The lowest BCUT2D eigenvalue weighted by Gasteiger charge is -2.32. The number of ketones is 1. The molecule has 0 saturated carbocycles. The van der Waals surface area contributed by atoms with Gasteiger partial charge in [0.05, 0.1) is 33.5 Å². The van der Waals surface area contributed by atoms with Crippen molar-refractivity contribution in [1.82, 2.24) is 0 Å². The molecule has 11 heteroatoms. The topological polar surface area (TPSA) is 80.3 Å². The fourth-order valence-corrected chi connectivity index (χ4v) is 4.40. The van der Waals surface area contributed by atoms with Gasteiger partial charge in [-0.3, -0.25) is 4.79 Å². The molecule has 0 aliphatic carbocycles. The van der Waals surface area contributed by atoms with Crippen LogP contribution in [0.1, 0.15) is 102 Å². The van der Waals surface area contributed by atoms with Crippen LogP contribution < -0.4 is 10.9 Å². The van der Waals surface area contributed by atoms with Crippen LogP contribution in [0, 0.1) is 11.6 Å². The summed E-state index contributed by atoms with van der Waals surface area (Å²) in [6.45, 7) is 19.9. The van der Waals surface area contributed by atoms with Gasteiger partial charge in [0.1, 0.15) is 17.2 Å². The van der Waals surface area contributed by atoms with E-state index in [0.29, 0.717) is 11.5 Å². The van der Waals surface area contributed by atoms with Crippen LogP contribution in [0.2, 0.25) is 0 Å². The van der Waals surface area contributed by atoms with Crippen molar-refractivity contribution < 1.29 is 41.7 Å². The number of esters is 1. The van der Waals surface area contributed by atoms with Crippen molar-refractivity contribution in [3.05, 3.63) is 58.7 Å². The van der Waals surface area contributed by atoms with E-state index in [-0.39, 0.29) is 16.6 Å². The van der Waals surface area contributed by atoms with Gasteiger partial charge in [-0.15, -0.1) is 0 Å². The van der Waals surface area contributed by atoms with Gasteiger partial charge in [0.25, 0.3) is 0 Å². The molecule has 2 fully saturated rings. The molecule has 0 unspecified atom stereocenters. The molecule has 0 spiro atoms. The van der Waals surface area contributed by atoms with Crippen LogP contribution in [-0.4, -0.2) is 54.0 Å². The summed E-state index contributed by atoms with van der Waals surface area (Å²) < 4.78 is 59.9. The van der Waals surface area contributed by atoms with Crippen molar-refractivity contribution in [2.24, 2.45) is 0 Å². The summed E-state index contributed by atoms with van der Waals surface area (Å²) in [5, 5.41) is 0. The number of hydrogen-bond acceptors (Lipinski definition) is 7. The molecule has 4 rings (SSSR count). The number of carbonyl (C=O) groups excluding carboxylic acids is 2. The molecule has 2 aliphatic heterocycles. The zero-order valence-electron chi connectivity index (χ0n) is 25.7. The molecule has 41 heavy (non-hydrogen) atoms. The Hall–Kier alpha value is -2.59. The molecule has 0 atom stereocenters. The minimum atomic E-state index is -1.15. The molecule has 2 saturated heterocycles. The van der Waals surface area contributed by atoms with Gasteiger partial charge < -0.3 is 23.4 Å². The molecule has 7 nitrogen and oxygen atoms in total. The van der Waals surface area contributed by atoms with Gasteiger partial charge in [-0.2, -0.15) is 0 Å². The fourth-order valence-electron chi connectivity index (χ4n) is 4.40. The zero-order chi connectivity index (χ0) is 30.9. The molecule has 2 heterocycles. The van der Waals surface area contributed by atoms with E-state index in [1.54, 1.807) is 48.5 Å². The van der Waals surface area contributed by atoms with E-state index < -0.39 is 71.2 Å². The third-order valence-corrected chi connectivity index (χ3v) is 8.22. The van der Waals surface area contributed by atoms with E-state index in [1.165, 1.54) is 18.2 Å². The second-order valence-corrected chi connectivity index (χ2v) is 13.7. The number of rotatable bonds is 5. The predicted molar refractivity (Wildman–Crippen MR) is 153 cm³/mol. The van der Waals surface area contributed by atoms with Crippen LogP contribution in [0.4, 0.5) is 8.78 Å². The summed E-state index contributed by atoms with van der Waals surface area (Å²) >= 11 is 0. The molecule has 0 N–H and O–H groups in total. The third kappa shape index (κ3) is 6.00. The van der Waals surface area contributed by atoms with Gasteiger partial charge in [0.2, 0.25) is 0 Å². The first-order chi connectivity index (χ1) is 18.5. The van der Waals surface area contributed by atoms with Crippen molar-refractivity contribution in [3.63, 3.8) is 0 Å². The Morgan fingerprint density at radius 3 is 1.63 bits per heavy atom. The average molecular weight is 570 g/mol. The maximum Gasteiger partial charge on any atom is 0.497 e. The van der Waals surface area contributed by atoms with Crippen molar-refractivity contribution >= 4 is 36.9 Å². The average Bonchev–Trinajstić information content (AvgIpc) is 3.16. The molecule has 0 aromatic heterocycles. The van der Waals surface area contributed by atoms with Crippen LogP contribution >= 0.6 is 0 Å². The summed E-state index contributed by atoms with van der Waals surface area (Å²) in [7, 11) is -2.06. The molecule has 2 aromatic carbocycles. The lowest BCUT2D eigenvalue weighted by molar-refractivity contribution is 0.00578. The summed E-state index contributed by atoms with van der Waals surface area (Å²) in [5.41, 5.74) is -3.83.